The molecule has 270 valence electrons. The molecule has 1 fully saturated rings. The molecule has 0 aromatic heterocycles. The van der Waals surface area contributed by atoms with Gasteiger partial charge in [0.15, 0.2) is 0 Å². The molecule has 6 rings (SSSR count). The van der Waals surface area contributed by atoms with E-state index in [-0.39, 0.29) is 24.2 Å². The van der Waals surface area contributed by atoms with Gasteiger partial charge in [-0.05, 0) is 89.8 Å². The number of carbonyl (C=O) groups excluding carboxylic acids is 2. The Balaban J connectivity index is 0.00000504. The number of carbonyl (C=O) groups is 2. The summed E-state index contributed by atoms with van der Waals surface area (Å²) in [5.74, 6) is -0.750. The third-order valence-corrected chi connectivity index (χ3v) is 9.79. The molecule has 0 bridgehead atoms. The van der Waals surface area contributed by atoms with Crippen molar-refractivity contribution in [2.45, 2.75) is 43.5 Å². The average molecular weight is 730 g/mol. The van der Waals surface area contributed by atoms with Crippen LogP contribution in [0.15, 0.2) is 97.1 Å². The smallest absolute Gasteiger partial charge is 0.352 e. The summed E-state index contributed by atoms with van der Waals surface area (Å²) in [4.78, 5) is 29.2. The zero-order valence-electron chi connectivity index (χ0n) is 27.6. The second kappa shape index (κ2) is 15.5. The Labute approximate surface area is 298 Å². The van der Waals surface area contributed by atoms with E-state index in [0.717, 1.165) is 66.9 Å². The Morgan fingerprint density at radius 2 is 1.33 bits per heavy atom. The van der Waals surface area contributed by atoms with Crippen LogP contribution < -0.4 is 10.6 Å². The molecule has 0 spiro atoms. The Morgan fingerprint density at radius 3 is 1.94 bits per heavy atom. The molecule has 4 aromatic rings. The number of halogens is 7. The lowest BCUT2D eigenvalue weighted by atomic mass is 9.73. The summed E-state index contributed by atoms with van der Waals surface area (Å²) in [6.45, 7) is 1.36. The number of benzene rings is 4. The number of fused-ring (bicyclic) bond motifs is 3. The van der Waals surface area contributed by atoms with E-state index in [4.69, 9.17) is 0 Å². The Kier molecular flexibility index (Phi) is 11.5. The van der Waals surface area contributed by atoms with Crippen LogP contribution in [0, 0.1) is 5.92 Å². The van der Waals surface area contributed by atoms with Gasteiger partial charge in [-0.25, -0.2) is 0 Å². The molecule has 1 heterocycles. The van der Waals surface area contributed by atoms with Crippen LogP contribution in [0.3, 0.4) is 0 Å². The van der Waals surface area contributed by atoms with Crippen molar-refractivity contribution in [1.29, 1.82) is 0 Å². The van der Waals surface area contributed by atoms with Crippen LogP contribution in [0.2, 0.25) is 0 Å². The molecule has 2 aliphatic rings. The summed E-state index contributed by atoms with van der Waals surface area (Å²) >= 11 is 0. The first kappa shape index (κ1) is 37.9. The van der Waals surface area contributed by atoms with E-state index in [1.54, 1.807) is 24.3 Å². The van der Waals surface area contributed by atoms with Crippen LogP contribution in [-0.4, -0.2) is 55.6 Å². The predicted molar refractivity (Wildman–Crippen MR) is 187 cm³/mol. The number of hydrogen-bond acceptors (Lipinski definition) is 3. The highest BCUT2D eigenvalue weighted by Gasteiger charge is 2.49. The minimum absolute atomic E-state index is 0. The molecular weight excluding hydrogens is 692 g/mol. The number of likely N-dealkylation sites (tertiary alicyclic amines) is 1. The van der Waals surface area contributed by atoms with Crippen LogP contribution in [-0.2, 0) is 16.4 Å². The van der Waals surface area contributed by atoms with E-state index in [0.29, 0.717) is 36.1 Å². The molecule has 1 atom stereocenters. The summed E-state index contributed by atoms with van der Waals surface area (Å²) < 4.78 is 78.7. The molecule has 0 radical (unpaired) electrons. The van der Waals surface area contributed by atoms with Crippen molar-refractivity contribution in [1.82, 2.24) is 15.5 Å². The molecule has 4 aromatic carbocycles. The van der Waals surface area contributed by atoms with Gasteiger partial charge < -0.3 is 15.5 Å². The highest BCUT2D eigenvalue weighted by molar-refractivity contribution is 6.01. The van der Waals surface area contributed by atoms with Gasteiger partial charge in [-0.2, -0.15) is 26.3 Å². The number of amides is 2. The molecule has 1 aliphatic heterocycles. The van der Waals surface area contributed by atoms with E-state index < -0.39 is 35.8 Å². The molecular formula is C39H38ClF6N3O2. The van der Waals surface area contributed by atoms with Crippen LogP contribution >= 0.6 is 12.4 Å². The number of alkyl halides is 6. The van der Waals surface area contributed by atoms with Crippen LogP contribution in [0.4, 0.5) is 26.3 Å². The van der Waals surface area contributed by atoms with Crippen LogP contribution in [0.25, 0.3) is 22.3 Å². The lowest BCUT2D eigenvalue weighted by molar-refractivity contribution is -0.141. The normalized spacial score (nSPS) is 16.5. The summed E-state index contributed by atoms with van der Waals surface area (Å²) in [7, 11) is 0. The van der Waals surface area contributed by atoms with Gasteiger partial charge in [-0.3, -0.25) is 9.59 Å². The topological polar surface area (TPSA) is 61.4 Å². The summed E-state index contributed by atoms with van der Waals surface area (Å²) in [6.07, 6.45) is -6.41. The first-order valence-corrected chi connectivity index (χ1v) is 16.7. The first-order valence-electron chi connectivity index (χ1n) is 16.7. The Bertz CT molecular complexity index is 1800. The zero-order chi connectivity index (χ0) is 35.5. The van der Waals surface area contributed by atoms with Crippen LogP contribution in [0.5, 0.6) is 0 Å². The number of nitrogens with one attached hydrogen (secondary N) is 2. The Morgan fingerprint density at radius 1 is 0.745 bits per heavy atom. The van der Waals surface area contributed by atoms with Crippen molar-refractivity contribution in [2.75, 3.05) is 32.7 Å². The van der Waals surface area contributed by atoms with E-state index in [2.05, 4.69) is 15.5 Å². The second-order valence-electron chi connectivity index (χ2n) is 13.0. The summed E-state index contributed by atoms with van der Waals surface area (Å²) in [6, 6.07) is 26.4. The van der Waals surface area contributed by atoms with E-state index in [1.807, 2.05) is 48.5 Å². The monoisotopic (exact) mass is 729 g/mol. The van der Waals surface area contributed by atoms with Crippen molar-refractivity contribution in [3.8, 4) is 22.3 Å². The van der Waals surface area contributed by atoms with Gasteiger partial charge in [0.25, 0.3) is 5.91 Å². The highest BCUT2D eigenvalue weighted by atomic mass is 35.5. The van der Waals surface area contributed by atoms with E-state index in [1.165, 1.54) is 12.1 Å². The van der Waals surface area contributed by atoms with Gasteiger partial charge in [0.2, 0.25) is 5.91 Å². The molecule has 2 amide bonds. The standard InChI is InChI=1S/C39H37F6N3O2.ClH/c40-38(41,42)25-47-36(50)37(33-13-5-3-10-30(33)31-11-4-6-14-34(31)37)20-7-8-21-48-22-19-26(24-48)23-46-35(49)32-12-2-1-9-29(32)27-15-17-28(18-16-27)39(43,44)45;/h1-6,9-18,26H,7-8,19-25H2,(H,46,49)(H,47,50);1H. The molecule has 1 saturated heterocycles. The van der Waals surface area contributed by atoms with Crippen LogP contribution in [0.1, 0.15) is 52.7 Å². The molecule has 51 heavy (non-hydrogen) atoms. The number of unbranched alkanes of at least 4 members (excludes halogenated alkanes) is 1. The largest absolute Gasteiger partial charge is 0.416 e. The fourth-order valence-electron chi connectivity index (χ4n) is 7.40. The fourth-order valence-corrected chi connectivity index (χ4v) is 7.40. The minimum atomic E-state index is -4.53. The maximum Gasteiger partial charge on any atom is 0.416 e. The molecule has 1 unspecified atom stereocenters. The summed E-state index contributed by atoms with van der Waals surface area (Å²) in [5, 5.41) is 5.18. The van der Waals surface area contributed by atoms with Crippen molar-refractivity contribution in [3.05, 3.63) is 119 Å². The van der Waals surface area contributed by atoms with Crippen molar-refractivity contribution in [3.63, 3.8) is 0 Å². The fraction of sp³-hybridized carbons (Fsp3) is 0.333. The molecule has 1 aliphatic carbocycles. The lowest BCUT2D eigenvalue weighted by Gasteiger charge is -2.31. The summed E-state index contributed by atoms with van der Waals surface area (Å²) in [5.41, 5.74) is 2.61. The number of nitrogens with zero attached hydrogens (tertiary/aromatic N) is 1. The first-order chi connectivity index (χ1) is 23.9. The van der Waals surface area contributed by atoms with Gasteiger partial charge in [-0.1, -0.05) is 85.3 Å². The maximum atomic E-state index is 13.7. The van der Waals surface area contributed by atoms with Crippen molar-refractivity contribution < 1.29 is 35.9 Å². The molecule has 12 heteroatoms. The number of rotatable bonds is 11. The van der Waals surface area contributed by atoms with Crippen molar-refractivity contribution in [2.24, 2.45) is 5.92 Å². The van der Waals surface area contributed by atoms with Gasteiger partial charge >= 0.3 is 12.4 Å². The van der Waals surface area contributed by atoms with Gasteiger partial charge in [0.05, 0.1) is 5.56 Å². The molecule has 5 nitrogen and oxygen atoms in total. The quantitative estimate of drug-likeness (QED) is 0.120. The Hall–Kier alpha value is -4.35. The lowest BCUT2D eigenvalue weighted by Crippen LogP contribution is -2.47. The van der Waals surface area contributed by atoms with Gasteiger partial charge in [0.1, 0.15) is 12.0 Å². The predicted octanol–water partition coefficient (Wildman–Crippen LogP) is 8.66. The van der Waals surface area contributed by atoms with E-state index >= 15 is 0 Å². The van der Waals surface area contributed by atoms with Crippen molar-refractivity contribution >= 4 is 24.2 Å². The maximum absolute atomic E-state index is 13.7. The third kappa shape index (κ3) is 8.25. The van der Waals surface area contributed by atoms with Gasteiger partial charge in [0, 0.05) is 18.7 Å². The SMILES string of the molecule is Cl.O=C(NCC1CCN(CCCCC2(C(=O)NCC(F)(F)F)c3ccccc3-c3ccccc32)C1)c1ccccc1-c1ccc(C(F)(F)F)cc1. The minimum Gasteiger partial charge on any atom is -0.352 e. The third-order valence-electron chi connectivity index (χ3n) is 9.79. The highest BCUT2D eigenvalue weighted by Crippen LogP contribution is 2.51. The van der Waals surface area contributed by atoms with Gasteiger partial charge in [-0.15, -0.1) is 12.4 Å². The number of hydrogen-bond donors (Lipinski definition) is 2. The van der Waals surface area contributed by atoms with E-state index in [9.17, 15) is 35.9 Å². The average Bonchev–Trinajstić information content (AvgIpc) is 3.68. The second-order valence-corrected chi connectivity index (χ2v) is 13.0. The molecule has 2 N–H and O–H groups in total. The molecule has 0 saturated carbocycles. The zero-order valence-corrected chi connectivity index (χ0v) is 28.4.